The summed E-state index contributed by atoms with van der Waals surface area (Å²) in [6.07, 6.45) is 96.6. The zero-order chi connectivity index (χ0) is 76.6. The number of phosphoric ester groups is 2. The van der Waals surface area contributed by atoms with Crippen molar-refractivity contribution in [2.75, 3.05) is 39.6 Å². The van der Waals surface area contributed by atoms with Gasteiger partial charge in [0.2, 0.25) is 0 Å². The third kappa shape index (κ3) is 80.5. The number of aliphatic hydroxyl groups is 2. The molecule has 105 heavy (non-hydrogen) atoms. The maximum atomic E-state index is 13.0. The molecule has 0 aromatic rings. The Morgan fingerprint density at radius 1 is 0.276 bits per heavy atom. The predicted octanol–water partition coefficient (Wildman–Crippen LogP) is 24.7. The minimum Gasteiger partial charge on any atom is -0.463 e. The first kappa shape index (κ1) is 101. The van der Waals surface area contributed by atoms with Crippen molar-refractivity contribution in [3.05, 3.63) is 134 Å². The van der Waals surface area contributed by atoms with E-state index in [9.17, 15) is 43.5 Å². The van der Waals surface area contributed by atoms with Crippen LogP contribution in [-0.4, -0.2) is 95.9 Å². The summed E-state index contributed by atoms with van der Waals surface area (Å²) >= 11 is 0. The Kier molecular flexibility index (Phi) is 76.0. The van der Waals surface area contributed by atoms with Crippen LogP contribution in [0.5, 0.6) is 0 Å². The molecule has 0 amide bonds. The number of phosphoric acid groups is 2. The van der Waals surface area contributed by atoms with Gasteiger partial charge in [-0.05, 0) is 116 Å². The topological polar surface area (TPSA) is 231 Å². The Morgan fingerprint density at radius 3 is 0.819 bits per heavy atom. The molecular formula is C87H150O16P2. The number of hydrogen-bond donors (Lipinski definition) is 4. The molecule has 0 aliphatic rings. The summed E-state index contributed by atoms with van der Waals surface area (Å²) in [7, 11) is -9.80. The third-order valence-electron chi connectivity index (χ3n) is 17.4. The molecule has 0 fully saturated rings. The normalized spacial score (nSPS) is 14.6. The van der Waals surface area contributed by atoms with Gasteiger partial charge in [0.05, 0.1) is 26.4 Å². The highest BCUT2D eigenvalue weighted by Gasteiger charge is 2.29. The van der Waals surface area contributed by atoms with Crippen molar-refractivity contribution in [3.8, 4) is 0 Å². The molecule has 604 valence electrons. The van der Waals surface area contributed by atoms with Crippen molar-refractivity contribution in [1.29, 1.82) is 0 Å². The van der Waals surface area contributed by atoms with Gasteiger partial charge in [-0.3, -0.25) is 32.5 Å². The Morgan fingerprint density at radius 2 is 0.505 bits per heavy atom. The average molecular weight is 1510 g/mol. The molecule has 0 saturated heterocycles. The number of unbranched alkanes of at least 4 members (excludes halogenated alkanes) is 33. The Labute approximate surface area is 639 Å². The summed E-state index contributed by atoms with van der Waals surface area (Å²) < 4.78 is 61.2. The highest BCUT2D eigenvalue weighted by Crippen LogP contribution is 2.45. The van der Waals surface area contributed by atoms with Gasteiger partial charge in [-0.15, -0.1) is 0 Å². The second-order valence-corrected chi connectivity index (χ2v) is 30.4. The lowest BCUT2D eigenvalue weighted by atomic mass is 10.0. The monoisotopic (exact) mass is 1510 g/mol. The fraction of sp³-hybridized carbons (Fsp3) is 0.713. The van der Waals surface area contributed by atoms with Crippen molar-refractivity contribution in [2.24, 2.45) is 0 Å². The molecule has 5 unspecified atom stereocenters. The number of hydrogen-bond acceptors (Lipinski definition) is 14. The van der Waals surface area contributed by atoms with E-state index < -0.39 is 91.5 Å². The van der Waals surface area contributed by atoms with Crippen LogP contribution in [0.3, 0.4) is 0 Å². The largest absolute Gasteiger partial charge is 0.472 e. The van der Waals surface area contributed by atoms with Gasteiger partial charge in [-0.2, -0.15) is 0 Å². The Bertz CT molecular complexity index is 2440. The molecule has 4 N–H and O–H groups in total. The second-order valence-electron chi connectivity index (χ2n) is 27.5. The summed E-state index contributed by atoms with van der Waals surface area (Å²) in [5, 5.41) is 20.7. The molecule has 0 aliphatic heterocycles. The molecule has 18 heteroatoms. The summed E-state index contributed by atoms with van der Waals surface area (Å²) in [5.41, 5.74) is 0. The molecule has 0 aromatic heterocycles. The van der Waals surface area contributed by atoms with E-state index in [0.29, 0.717) is 19.3 Å². The van der Waals surface area contributed by atoms with E-state index >= 15 is 0 Å². The van der Waals surface area contributed by atoms with Gasteiger partial charge >= 0.3 is 33.6 Å². The fourth-order valence-electron chi connectivity index (χ4n) is 11.1. The number of allylic oxidation sites excluding steroid dienone is 22. The van der Waals surface area contributed by atoms with Crippen molar-refractivity contribution in [2.45, 2.75) is 360 Å². The number of aliphatic hydroxyl groups excluding tert-OH is 2. The molecule has 0 saturated carbocycles. The van der Waals surface area contributed by atoms with E-state index in [0.717, 1.165) is 128 Å². The first-order valence-corrected chi connectivity index (χ1v) is 44.5. The van der Waals surface area contributed by atoms with Gasteiger partial charge < -0.3 is 34.2 Å². The molecule has 0 aliphatic carbocycles. The van der Waals surface area contributed by atoms with Crippen LogP contribution < -0.4 is 0 Å². The van der Waals surface area contributed by atoms with Gasteiger partial charge in [-0.1, -0.05) is 341 Å². The Hall–Kier alpha value is -4.31. The smallest absolute Gasteiger partial charge is 0.463 e. The average Bonchev–Trinajstić information content (AvgIpc) is 0.912. The van der Waals surface area contributed by atoms with E-state index in [1.165, 1.54) is 154 Å². The van der Waals surface area contributed by atoms with Crippen LogP contribution in [0.4, 0.5) is 0 Å². The highest BCUT2D eigenvalue weighted by molar-refractivity contribution is 7.47. The minimum absolute atomic E-state index is 0.0962. The zero-order valence-electron chi connectivity index (χ0n) is 66.1. The standard InChI is InChI=1S/C87H150O16P2/c1-4-7-10-13-16-19-22-25-28-30-32-34-35-36-37-38-39-40-41-42-43-44-45-47-49-50-53-55-58-61-64-67-70-73-85(90)97-76-82(88)77-99-104(93,94)100-78-83(89)79-101-105(95,96)102-81-84(103-87(92)75-72-69-66-63-60-57-52-27-24-21-18-15-12-9-6-3)80-98-86(91)74-71-68-65-62-59-56-54-51-48-46-33-31-29-26-23-20-17-14-11-8-5-2/h7-8,10-11,16-17,19-20,25-26,28-29,32-34,36-37,46,51,54,59,62,82-84,88-89H,4-6,9,12-15,18,21-24,27,30-31,35,38-45,47-50,52-53,55-58,60-61,63-81H2,1-3H3,(H,93,94)(H,95,96)/b10-7-,11-8-,19-16-,20-17-,28-25-,29-26-,34-32-,37-36-,46-33-,54-51-,62-59-. The van der Waals surface area contributed by atoms with Gasteiger partial charge in [0, 0.05) is 19.3 Å². The van der Waals surface area contributed by atoms with E-state index in [4.69, 9.17) is 32.3 Å². The number of ether oxygens (including phenoxy) is 3. The zero-order valence-corrected chi connectivity index (χ0v) is 67.9. The van der Waals surface area contributed by atoms with Crippen LogP contribution >= 0.6 is 15.6 Å². The lowest BCUT2D eigenvalue weighted by molar-refractivity contribution is -0.161. The molecule has 16 nitrogen and oxygen atoms in total. The first-order valence-electron chi connectivity index (χ1n) is 41.5. The predicted molar refractivity (Wildman–Crippen MR) is 436 cm³/mol. The number of carbonyl (C=O) groups is 3. The Balaban J connectivity index is 4.48. The number of rotatable bonds is 78. The van der Waals surface area contributed by atoms with Crippen LogP contribution in [0, 0.1) is 0 Å². The molecule has 0 radical (unpaired) electrons. The summed E-state index contributed by atoms with van der Waals surface area (Å²) in [6.45, 7) is 2.44. The highest BCUT2D eigenvalue weighted by atomic mass is 31.2. The molecule has 0 rings (SSSR count). The lowest BCUT2D eigenvalue weighted by Gasteiger charge is -2.21. The minimum atomic E-state index is -4.94. The molecule has 5 atom stereocenters. The summed E-state index contributed by atoms with van der Waals surface area (Å²) in [4.78, 5) is 58.7. The maximum absolute atomic E-state index is 13.0. The van der Waals surface area contributed by atoms with E-state index in [1.54, 1.807) is 0 Å². The van der Waals surface area contributed by atoms with Crippen LogP contribution in [0.25, 0.3) is 0 Å². The van der Waals surface area contributed by atoms with Crippen LogP contribution in [0.1, 0.15) is 342 Å². The van der Waals surface area contributed by atoms with Gasteiger partial charge in [0.1, 0.15) is 25.4 Å². The fourth-order valence-corrected chi connectivity index (χ4v) is 12.7. The quantitative estimate of drug-likeness (QED) is 0.0146. The first-order chi connectivity index (χ1) is 51.2. The van der Waals surface area contributed by atoms with Crippen LogP contribution in [0.2, 0.25) is 0 Å². The molecule has 0 bridgehead atoms. The van der Waals surface area contributed by atoms with Crippen molar-refractivity contribution in [3.63, 3.8) is 0 Å². The van der Waals surface area contributed by atoms with Crippen molar-refractivity contribution >= 4 is 33.6 Å². The van der Waals surface area contributed by atoms with Gasteiger partial charge in [0.25, 0.3) is 0 Å². The van der Waals surface area contributed by atoms with Crippen LogP contribution in [0.15, 0.2) is 134 Å². The number of carbonyl (C=O) groups excluding carboxylic acids is 3. The van der Waals surface area contributed by atoms with Gasteiger partial charge in [-0.25, -0.2) is 9.13 Å². The van der Waals surface area contributed by atoms with Crippen molar-refractivity contribution in [1.82, 2.24) is 0 Å². The van der Waals surface area contributed by atoms with Gasteiger partial charge in [0.15, 0.2) is 6.10 Å². The molecular weight excluding hydrogens is 1360 g/mol. The lowest BCUT2D eigenvalue weighted by Crippen LogP contribution is -2.30. The maximum Gasteiger partial charge on any atom is 0.472 e. The summed E-state index contributed by atoms with van der Waals surface area (Å²) in [5.74, 6) is -1.62. The van der Waals surface area contributed by atoms with Crippen molar-refractivity contribution < 1.29 is 75.8 Å². The molecule has 0 heterocycles. The third-order valence-corrected chi connectivity index (χ3v) is 19.3. The SMILES string of the molecule is CC/C=C\C/C=C\C/C=C\C/C=C\C/C=C\C/C=C\CCCCC(=O)OCC(COP(=O)(O)OCC(O)COP(=O)(O)OCC(O)COC(=O)CCCCCCCCCCCCCCCCCCC/C=C\C/C=C\C/C=C\C/C=C\C/C=C\CC)OC(=O)CCCCCCCCCCCCCCCCC. The summed E-state index contributed by atoms with van der Waals surface area (Å²) in [6, 6.07) is 0. The van der Waals surface area contributed by atoms with E-state index in [2.05, 4.69) is 154 Å². The van der Waals surface area contributed by atoms with Crippen LogP contribution in [-0.2, 0) is 55.8 Å². The molecule has 0 aromatic carbocycles. The van der Waals surface area contributed by atoms with E-state index in [-0.39, 0.29) is 19.3 Å². The van der Waals surface area contributed by atoms with E-state index in [1.807, 2.05) is 0 Å². The molecule has 0 spiro atoms. The number of esters is 3. The second kappa shape index (κ2) is 79.2.